The third kappa shape index (κ3) is 4.43. The molecule has 0 unspecified atom stereocenters. The highest BCUT2D eigenvalue weighted by molar-refractivity contribution is 5.84. The van der Waals surface area contributed by atoms with Crippen LogP contribution in [0, 0.1) is 11.3 Å². The van der Waals surface area contributed by atoms with Gasteiger partial charge in [0, 0.05) is 24.7 Å². The van der Waals surface area contributed by atoms with Gasteiger partial charge in [0.15, 0.2) is 0 Å². The van der Waals surface area contributed by atoms with E-state index in [-0.39, 0.29) is 25.0 Å². The predicted octanol–water partition coefficient (Wildman–Crippen LogP) is 1.02. The minimum absolute atomic E-state index is 0.0763. The summed E-state index contributed by atoms with van der Waals surface area (Å²) in [6.45, 7) is 0. The average molecular weight is 232 g/mol. The standard InChI is InChI=1S/C12H12N2O3/c1-17-12(16)5-4-11(15)6-10-3-2-9(7-13)8-14-10/h2-3,8H,4-6H2,1H3. The maximum absolute atomic E-state index is 11.5. The van der Waals surface area contributed by atoms with Gasteiger partial charge in [-0.25, -0.2) is 0 Å². The number of esters is 1. The normalized spacial score (nSPS) is 9.41. The summed E-state index contributed by atoms with van der Waals surface area (Å²) in [5.41, 5.74) is 1.05. The van der Waals surface area contributed by atoms with Crippen LogP contribution in [-0.4, -0.2) is 23.8 Å². The van der Waals surface area contributed by atoms with Gasteiger partial charge >= 0.3 is 5.97 Å². The molecule has 1 aromatic rings. The summed E-state index contributed by atoms with van der Waals surface area (Å²) in [6.07, 6.45) is 1.82. The molecule has 1 aromatic heterocycles. The largest absolute Gasteiger partial charge is 0.469 e. The Morgan fingerprint density at radius 3 is 2.71 bits per heavy atom. The second-order valence-electron chi connectivity index (χ2n) is 3.44. The van der Waals surface area contributed by atoms with E-state index < -0.39 is 5.97 Å². The van der Waals surface area contributed by atoms with Gasteiger partial charge in [0.05, 0.1) is 19.1 Å². The SMILES string of the molecule is COC(=O)CCC(=O)Cc1ccc(C#N)cn1. The molecule has 1 rings (SSSR count). The second-order valence-corrected chi connectivity index (χ2v) is 3.44. The first-order valence-corrected chi connectivity index (χ1v) is 5.09. The fraction of sp³-hybridized carbons (Fsp3) is 0.333. The van der Waals surface area contributed by atoms with Crippen molar-refractivity contribution in [3.05, 3.63) is 29.6 Å². The lowest BCUT2D eigenvalue weighted by molar-refractivity contribution is -0.141. The van der Waals surface area contributed by atoms with Crippen LogP contribution in [0.2, 0.25) is 0 Å². The first kappa shape index (κ1) is 12.8. The van der Waals surface area contributed by atoms with Crippen LogP contribution in [0.3, 0.4) is 0 Å². The molecule has 0 saturated carbocycles. The molecule has 0 spiro atoms. The van der Waals surface area contributed by atoms with Crippen molar-refractivity contribution in [1.29, 1.82) is 5.26 Å². The van der Waals surface area contributed by atoms with Gasteiger partial charge in [0.2, 0.25) is 0 Å². The minimum atomic E-state index is -0.397. The van der Waals surface area contributed by atoms with Crippen LogP contribution >= 0.6 is 0 Å². The van der Waals surface area contributed by atoms with Crippen molar-refractivity contribution >= 4 is 11.8 Å². The van der Waals surface area contributed by atoms with Crippen LogP contribution in [0.4, 0.5) is 0 Å². The molecule has 0 amide bonds. The quantitative estimate of drug-likeness (QED) is 0.708. The molecule has 0 aliphatic carbocycles. The molecule has 1 heterocycles. The third-order valence-corrected chi connectivity index (χ3v) is 2.17. The van der Waals surface area contributed by atoms with E-state index in [0.29, 0.717) is 11.3 Å². The monoisotopic (exact) mass is 232 g/mol. The van der Waals surface area contributed by atoms with Gasteiger partial charge in [0.1, 0.15) is 11.9 Å². The number of methoxy groups -OCH3 is 1. The Kier molecular flexibility index (Phi) is 4.82. The molecule has 0 aromatic carbocycles. The summed E-state index contributed by atoms with van der Waals surface area (Å²) < 4.78 is 4.44. The van der Waals surface area contributed by atoms with Gasteiger partial charge in [-0.2, -0.15) is 5.26 Å². The summed E-state index contributed by atoms with van der Waals surface area (Å²) in [6, 6.07) is 5.19. The Morgan fingerprint density at radius 2 is 2.18 bits per heavy atom. The van der Waals surface area contributed by atoms with Crippen LogP contribution < -0.4 is 0 Å². The van der Waals surface area contributed by atoms with Crippen molar-refractivity contribution in [3.8, 4) is 6.07 Å². The van der Waals surface area contributed by atoms with Crippen molar-refractivity contribution in [1.82, 2.24) is 4.98 Å². The highest BCUT2D eigenvalue weighted by Gasteiger charge is 2.08. The molecule has 88 valence electrons. The molecule has 0 aliphatic rings. The van der Waals surface area contributed by atoms with Crippen molar-refractivity contribution < 1.29 is 14.3 Å². The fourth-order valence-electron chi connectivity index (χ4n) is 1.23. The fourth-order valence-corrected chi connectivity index (χ4v) is 1.23. The summed E-state index contributed by atoms with van der Waals surface area (Å²) in [4.78, 5) is 26.3. The Bertz CT molecular complexity index is 446. The zero-order chi connectivity index (χ0) is 12.7. The number of aromatic nitrogens is 1. The number of nitriles is 1. The van der Waals surface area contributed by atoms with Gasteiger partial charge in [0.25, 0.3) is 0 Å². The lowest BCUT2D eigenvalue weighted by atomic mass is 10.1. The van der Waals surface area contributed by atoms with E-state index in [9.17, 15) is 9.59 Å². The summed E-state index contributed by atoms with van der Waals surface area (Å²) >= 11 is 0. The Labute approximate surface area is 99.0 Å². The zero-order valence-corrected chi connectivity index (χ0v) is 9.47. The van der Waals surface area contributed by atoms with Crippen LogP contribution in [0.25, 0.3) is 0 Å². The summed E-state index contributed by atoms with van der Waals surface area (Å²) in [5.74, 6) is -0.473. The molecule has 0 N–H and O–H groups in total. The summed E-state index contributed by atoms with van der Waals surface area (Å²) in [7, 11) is 1.29. The third-order valence-electron chi connectivity index (χ3n) is 2.17. The van der Waals surface area contributed by atoms with E-state index in [4.69, 9.17) is 5.26 Å². The number of ether oxygens (including phenoxy) is 1. The van der Waals surface area contributed by atoms with Crippen LogP contribution in [0.5, 0.6) is 0 Å². The Morgan fingerprint density at radius 1 is 1.41 bits per heavy atom. The number of carbonyl (C=O) groups excluding carboxylic acids is 2. The Balaban J connectivity index is 2.45. The van der Waals surface area contributed by atoms with Crippen molar-refractivity contribution in [2.45, 2.75) is 19.3 Å². The topological polar surface area (TPSA) is 80.0 Å². The Hall–Kier alpha value is -2.22. The van der Waals surface area contributed by atoms with Crippen molar-refractivity contribution in [2.75, 3.05) is 7.11 Å². The molecule has 17 heavy (non-hydrogen) atoms. The first-order chi connectivity index (χ1) is 8.15. The molecule has 0 bridgehead atoms. The molecule has 0 fully saturated rings. The van der Waals surface area contributed by atoms with E-state index in [1.807, 2.05) is 6.07 Å². The number of ketones is 1. The zero-order valence-electron chi connectivity index (χ0n) is 9.47. The minimum Gasteiger partial charge on any atom is -0.469 e. The van der Waals surface area contributed by atoms with Gasteiger partial charge < -0.3 is 4.74 Å². The number of Topliss-reactive ketones (excluding diaryl/α,β-unsaturated/α-hetero) is 1. The van der Waals surface area contributed by atoms with Crippen LogP contribution in [0.15, 0.2) is 18.3 Å². The highest BCUT2D eigenvalue weighted by Crippen LogP contribution is 2.03. The van der Waals surface area contributed by atoms with E-state index in [1.54, 1.807) is 12.1 Å². The average Bonchev–Trinajstić information content (AvgIpc) is 2.36. The maximum atomic E-state index is 11.5. The molecule has 0 atom stereocenters. The van der Waals surface area contributed by atoms with Crippen molar-refractivity contribution in [3.63, 3.8) is 0 Å². The smallest absolute Gasteiger partial charge is 0.305 e. The van der Waals surface area contributed by atoms with E-state index >= 15 is 0 Å². The molecule has 0 aliphatic heterocycles. The van der Waals surface area contributed by atoms with Crippen molar-refractivity contribution in [2.24, 2.45) is 0 Å². The molecule has 5 heteroatoms. The number of carbonyl (C=O) groups is 2. The lowest BCUT2D eigenvalue weighted by Gasteiger charge is -2.00. The second kappa shape index (κ2) is 6.38. The lowest BCUT2D eigenvalue weighted by Crippen LogP contribution is -2.08. The maximum Gasteiger partial charge on any atom is 0.305 e. The van der Waals surface area contributed by atoms with E-state index in [2.05, 4.69) is 9.72 Å². The number of pyridine rings is 1. The van der Waals surface area contributed by atoms with Crippen LogP contribution in [0.1, 0.15) is 24.1 Å². The summed E-state index contributed by atoms with van der Waals surface area (Å²) in [5, 5.41) is 8.57. The molecular formula is C12H12N2O3. The van der Waals surface area contributed by atoms with Gasteiger partial charge in [-0.05, 0) is 12.1 Å². The predicted molar refractivity (Wildman–Crippen MR) is 58.9 cm³/mol. The first-order valence-electron chi connectivity index (χ1n) is 5.09. The molecule has 5 nitrogen and oxygen atoms in total. The molecule has 0 saturated heterocycles. The van der Waals surface area contributed by atoms with Gasteiger partial charge in [-0.3, -0.25) is 14.6 Å². The number of hydrogen-bond acceptors (Lipinski definition) is 5. The van der Waals surface area contributed by atoms with Gasteiger partial charge in [-0.1, -0.05) is 0 Å². The molecular weight excluding hydrogens is 220 g/mol. The molecule has 0 radical (unpaired) electrons. The van der Waals surface area contributed by atoms with E-state index in [1.165, 1.54) is 13.3 Å². The number of rotatable bonds is 5. The highest BCUT2D eigenvalue weighted by atomic mass is 16.5. The number of hydrogen-bond donors (Lipinski definition) is 0. The van der Waals surface area contributed by atoms with E-state index in [0.717, 1.165) is 0 Å². The number of nitrogens with zero attached hydrogens (tertiary/aromatic N) is 2. The van der Waals surface area contributed by atoms with Crippen LogP contribution in [-0.2, 0) is 20.7 Å². The van der Waals surface area contributed by atoms with Gasteiger partial charge in [-0.15, -0.1) is 0 Å².